The highest BCUT2D eigenvalue weighted by atomic mass is 35.5. The van der Waals surface area contributed by atoms with Gasteiger partial charge in [0, 0.05) is 5.69 Å². The number of nitrogens with zero attached hydrogens (tertiary/aromatic N) is 6. The van der Waals surface area contributed by atoms with Gasteiger partial charge in [-0.05, 0) is 96.4 Å². The number of nitrogen functional groups attached to an aromatic ring is 3. The molecule has 0 radical (unpaired) electrons. The Bertz CT molecular complexity index is 3560. The van der Waals surface area contributed by atoms with E-state index in [-0.39, 0.29) is 73.0 Å². The van der Waals surface area contributed by atoms with Crippen LogP contribution >= 0.6 is 36.0 Å². The second kappa shape index (κ2) is 22.5. The number of azo groups is 3. The van der Waals surface area contributed by atoms with Crippen LogP contribution in [0.1, 0.15) is 0 Å². The molecule has 12 N–H and O–H groups in total. The number of phenols is 1. The first kappa shape index (κ1) is 54.1. The van der Waals surface area contributed by atoms with Gasteiger partial charge in [0.15, 0.2) is 27.9 Å². The number of nitrogens with two attached hydrogens (primary N) is 3. The first-order valence-electron chi connectivity index (χ1n) is 18.6. The van der Waals surface area contributed by atoms with E-state index in [0.29, 0.717) is 11.8 Å². The third-order valence-corrected chi connectivity index (χ3v) is 15.2. The van der Waals surface area contributed by atoms with Crippen molar-refractivity contribution in [3.63, 3.8) is 0 Å². The molecule has 6 aromatic carbocycles. The fraction of sp³-hybridized carbons (Fsp3) is 0.0556. The maximum Gasteiger partial charge on any atom is 0.296 e. The monoisotopic (exact) mass is 1120 g/mol. The molecule has 35 heteroatoms. The number of aromatic hydroxyl groups is 1. The van der Waals surface area contributed by atoms with Gasteiger partial charge in [-0.2, -0.15) is 27.1 Å². The van der Waals surface area contributed by atoms with Gasteiger partial charge in [-0.25, -0.2) is 27.4 Å². The molecule has 0 saturated heterocycles. The lowest BCUT2D eigenvalue weighted by atomic mass is 10.1. The number of rotatable bonds is 21. The average Bonchev–Trinajstić information content (AvgIpc) is 3.30. The number of nitrogens with one attached hydrogen (secondary N) is 1. The number of hydrogen-bond donors (Lipinski definition) is 9. The highest BCUT2D eigenvalue weighted by molar-refractivity contribution is 7.94. The van der Waals surface area contributed by atoms with Crippen LogP contribution in [0.4, 0.5) is 56.9 Å². The van der Waals surface area contributed by atoms with E-state index in [1.165, 1.54) is 48.5 Å². The van der Waals surface area contributed by atoms with Crippen molar-refractivity contribution in [3.05, 3.63) is 96.0 Å². The minimum absolute atomic E-state index is 0.0846. The fourth-order valence-corrected chi connectivity index (χ4v) is 10.4. The Morgan fingerprint density at radius 3 is 1.86 bits per heavy atom. The Kier molecular flexibility index (Phi) is 17.1. The number of hydrogen-bond acceptors (Lipinski definition) is 27. The highest BCUT2D eigenvalue weighted by Gasteiger charge is 2.27. The van der Waals surface area contributed by atoms with E-state index in [0.717, 1.165) is 36.4 Å². The molecule has 0 aliphatic carbocycles. The number of sulfonamides is 1. The summed E-state index contributed by atoms with van der Waals surface area (Å²) in [7, 11) is -19.0. The zero-order valence-electron chi connectivity index (χ0n) is 34.9. The van der Waals surface area contributed by atoms with Crippen LogP contribution in [0.2, 0.25) is 5.02 Å². The summed E-state index contributed by atoms with van der Waals surface area (Å²) in [5.74, 6) is -1.79. The zero-order valence-corrected chi connectivity index (χ0v) is 40.5. The maximum absolute atomic E-state index is 13.2. The predicted octanol–water partition coefficient (Wildman–Crippen LogP) is 8.69. The van der Waals surface area contributed by atoms with Gasteiger partial charge in [-0.3, -0.25) is 18.0 Å². The second-order valence-electron chi connectivity index (χ2n) is 13.6. The normalized spacial score (nSPS) is 12.7. The number of fused-ring (bicyclic) bond motifs is 1. The lowest BCUT2D eigenvalue weighted by Gasteiger charge is -2.14. The van der Waals surface area contributed by atoms with Gasteiger partial charge in [0.1, 0.15) is 32.5 Å². The van der Waals surface area contributed by atoms with E-state index < -0.39 is 101 Å². The van der Waals surface area contributed by atoms with E-state index >= 15 is 0 Å². The van der Waals surface area contributed by atoms with E-state index in [4.69, 9.17) is 43.5 Å². The summed E-state index contributed by atoms with van der Waals surface area (Å²) >= 11 is 6.29. The summed E-state index contributed by atoms with van der Waals surface area (Å²) in [6.45, 7) is -0.545. The molecule has 0 unspecified atom stereocenters. The number of benzene rings is 6. The third-order valence-electron chi connectivity index (χ3n) is 9.07. The molecular weight excluding hydrogens is 1090 g/mol. The molecule has 0 aliphatic rings. The largest absolute Gasteiger partial charge is 0.505 e. The number of phenolic OH excluding ortho intramolecular Hbond substituents is 1. The molecule has 71 heavy (non-hydrogen) atoms. The molecule has 0 aromatic heterocycles. The van der Waals surface area contributed by atoms with Crippen LogP contribution in [0.25, 0.3) is 10.8 Å². The Labute approximate surface area is 413 Å². The third kappa shape index (κ3) is 13.4. The predicted molar refractivity (Wildman–Crippen MR) is 254 cm³/mol. The summed E-state index contributed by atoms with van der Waals surface area (Å²) in [4.78, 5) is -3.24. The van der Waals surface area contributed by atoms with Crippen molar-refractivity contribution in [1.82, 2.24) is 0 Å². The zero-order chi connectivity index (χ0) is 51.9. The first-order valence-corrected chi connectivity index (χ1v) is 26.4. The molecule has 0 saturated carbocycles. The van der Waals surface area contributed by atoms with E-state index in [1.54, 1.807) is 0 Å². The van der Waals surface area contributed by atoms with Crippen LogP contribution in [-0.4, -0.2) is 70.8 Å². The molecule has 0 atom stereocenters. The minimum atomic E-state index is -5.24. The van der Waals surface area contributed by atoms with Crippen LogP contribution in [0.3, 0.4) is 0 Å². The fourth-order valence-electron chi connectivity index (χ4n) is 5.84. The van der Waals surface area contributed by atoms with Gasteiger partial charge in [-0.15, -0.1) is 29.1 Å². The smallest absolute Gasteiger partial charge is 0.296 e. The summed E-state index contributed by atoms with van der Waals surface area (Å²) in [5.41, 5.74) is 16.5. The molecule has 28 nitrogen and oxygen atoms in total. The lowest BCUT2D eigenvalue weighted by Crippen LogP contribution is -2.12. The van der Waals surface area contributed by atoms with Crippen LogP contribution in [0, 0.1) is 0 Å². The van der Waals surface area contributed by atoms with Gasteiger partial charge in [0.2, 0.25) is 0 Å². The molecule has 6 rings (SSSR count). The Balaban J connectivity index is 1.30. The molecule has 0 spiro atoms. The topological polar surface area (TPSA) is 448 Å². The van der Waals surface area contributed by atoms with Gasteiger partial charge in [-0.1, -0.05) is 21.7 Å². The van der Waals surface area contributed by atoms with Crippen LogP contribution in [0.5, 0.6) is 5.75 Å². The van der Waals surface area contributed by atoms with Crippen molar-refractivity contribution in [3.8, 4) is 5.75 Å². The summed E-state index contributed by atoms with van der Waals surface area (Å²) < 4.78 is 138. The summed E-state index contributed by atoms with van der Waals surface area (Å²) in [5, 5.41) is 58.5. The van der Waals surface area contributed by atoms with Crippen LogP contribution in [-0.2, 0) is 63.0 Å². The summed E-state index contributed by atoms with van der Waals surface area (Å²) in [6, 6.07) is 17.4. The lowest BCUT2D eigenvalue weighted by molar-refractivity contribution is -0.434. The van der Waals surface area contributed by atoms with Crippen LogP contribution in [0.15, 0.2) is 146 Å². The standard InChI is InChI=1S/C36H31ClN10O18S6/c37-24-16-28(26(39)17-25(24)38)44-41-19-1-3-21(4-2-19)47-69(53,54)22-7-5-20(6-8-22)42-46-35-31(71(58,59)60)14-18-13-29(66-64-62-49)34(33(40)32(18)36(35)48)45-43-27-10-9-23(15-30(27)70(55,56)57)68(51,52)12-11-61-67-65-63-50/h1-10,13-17,47-50H,11-12,38-40H2,(H,55,56,57)(H,58,59,60)/b44-41+,45-43+,46-42+. The number of anilines is 4. The number of sulfone groups is 1. The Hall–Kier alpha value is -6.19. The Morgan fingerprint density at radius 2 is 1.23 bits per heavy atom. The van der Waals surface area contributed by atoms with E-state index in [9.17, 15) is 47.9 Å². The van der Waals surface area contributed by atoms with E-state index in [1.807, 2.05) is 0 Å². The summed E-state index contributed by atoms with van der Waals surface area (Å²) in [6.07, 6.45) is 0. The van der Waals surface area contributed by atoms with Crippen molar-refractivity contribution in [2.45, 2.75) is 24.5 Å². The van der Waals surface area contributed by atoms with Gasteiger partial charge < -0.3 is 22.3 Å². The second-order valence-corrected chi connectivity index (χ2v) is 21.9. The molecule has 0 heterocycles. The highest BCUT2D eigenvalue weighted by Crippen LogP contribution is 2.50. The SMILES string of the molecule is Nc1cc(N)c(/N=N/c2ccc(NS(=O)(=O)c3ccc(/N=N/c4c(S(=O)(=O)O)cc5cc(SOOO)c(/N=N/c6ccc(S(=O)(=O)CCOSOOO)cc6S(=O)(=O)O)c(N)c5c4O)cc3)cc2)cc1Cl. The van der Waals surface area contributed by atoms with Gasteiger partial charge >= 0.3 is 0 Å². The van der Waals surface area contributed by atoms with Crippen molar-refractivity contribution >= 4 is 144 Å². The van der Waals surface area contributed by atoms with Crippen molar-refractivity contribution in [2.75, 3.05) is 34.3 Å². The molecule has 0 bridgehead atoms. The maximum atomic E-state index is 13.2. The number of halogens is 1. The van der Waals surface area contributed by atoms with Crippen molar-refractivity contribution in [1.29, 1.82) is 0 Å². The Morgan fingerprint density at radius 1 is 0.634 bits per heavy atom. The molecule has 6 aromatic rings. The van der Waals surface area contributed by atoms with Crippen molar-refractivity contribution < 1.29 is 81.3 Å². The van der Waals surface area contributed by atoms with Crippen LogP contribution < -0.4 is 21.9 Å². The molecule has 0 amide bonds. The van der Waals surface area contributed by atoms with Gasteiger partial charge in [0.25, 0.3) is 30.3 Å². The molecule has 0 fully saturated rings. The molecular formula is C36H31ClN10O18S6. The van der Waals surface area contributed by atoms with Gasteiger partial charge in [0.05, 0.1) is 77.9 Å². The van der Waals surface area contributed by atoms with Crippen molar-refractivity contribution in [2.24, 2.45) is 30.7 Å². The first-order chi connectivity index (χ1) is 33.4. The molecule has 376 valence electrons. The average molecular weight is 1120 g/mol. The minimum Gasteiger partial charge on any atom is -0.505 e. The molecule has 0 aliphatic heterocycles. The van der Waals surface area contributed by atoms with E-state index in [2.05, 4.69) is 54.2 Å². The quantitative estimate of drug-likeness (QED) is 0.00618.